The smallest absolute Gasteiger partial charge is 0.0137 e. The molecular formula is C25H20. The van der Waals surface area contributed by atoms with E-state index in [9.17, 15) is 0 Å². The molecule has 0 saturated carbocycles. The molecule has 0 radical (unpaired) electrons. The molecule has 0 aliphatic carbocycles. The lowest BCUT2D eigenvalue weighted by Crippen LogP contribution is -1.93. The van der Waals surface area contributed by atoms with Gasteiger partial charge in [-0.3, -0.25) is 0 Å². The van der Waals surface area contributed by atoms with E-state index >= 15 is 0 Å². The van der Waals surface area contributed by atoms with Crippen molar-refractivity contribution in [2.75, 3.05) is 0 Å². The van der Waals surface area contributed by atoms with Gasteiger partial charge in [-0.1, -0.05) is 62.4 Å². The van der Waals surface area contributed by atoms with E-state index in [4.69, 9.17) is 0 Å². The molecule has 5 aromatic rings. The zero-order valence-electron chi connectivity index (χ0n) is 14.6. The Bertz CT molecular complexity index is 1170. The van der Waals surface area contributed by atoms with Gasteiger partial charge in [0.15, 0.2) is 0 Å². The van der Waals surface area contributed by atoms with Gasteiger partial charge in [-0.05, 0) is 84.9 Å². The van der Waals surface area contributed by atoms with E-state index in [1.807, 2.05) is 0 Å². The van der Waals surface area contributed by atoms with Crippen LogP contribution < -0.4 is 0 Å². The highest BCUT2D eigenvalue weighted by molar-refractivity contribution is 6.11. The molecule has 0 aliphatic rings. The summed E-state index contributed by atoms with van der Waals surface area (Å²) in [5, 5.41) is 10.7. The van der Waals surface area contributed by atoms with Crippen molar-refractivity contribution < 1.29 is 0 Å². The van der Waals surface area contributed by atoms with E-state index in [-0.39, 0.29) is 0 Å². The molecule has 0 fully saturated rings. The summed E-state index contributed by atoms with van der Waals surface area (Å²) in [6, 6.07) is 29.1. The molecule has 0 aromatic heterocycles. The topological polar surface area (TPSA) is 0 Å². The molecular weight excluding hydrogens is 300 g/mol. The molecule has 0 heteroatoms. The Kier molecular flexibility index (Phi) is 3.08. The van der Waals surface area contributed by atoms with E-state index in [1.54, 1.807) is 0 Å². The fourth-order valence-corrected chi connectivity index (χ4v) is 4.16. The van der Waals surface area contributed by atoms with Crippen molar-refractivity contribution in [3.8, 4) is 0 Å². The van der Waals surface area contributed by atoms with Gasteiger partial charge >= 0.3 is 0 Å². The minimum absolute atomic E-state index is 0.480. The molecule has 0 unspecified atom stereocenters. The Morgan fingerprint density at radius 1 is 0.480 bits per heavy atom. The maximum Gasteiger partial charge on any atom is -0.0137 e. The maximum absolute atomic E-state index is 2.37. The van der Waals surface area contributed by atoms with E-state index in [0.717, 1.165) is 0 Å². The van der Waals surface area contributed by atoms with Crippen LogP contribution in [0.5, 0.6) is 0 Å². The lowest BCUT2D eigenvalue weighted by atomic mass is 9.88. The molecule has 0 N–H and O–H groups in total. The highest BCUT2D eigenvalue weighted by Gasteiger charge is 2.12. The minimum Gasteiger partial charge on any atom is -0.0616 e. The first kappa shape index (κ1) is 14.5. The Morgan fingerprint density at radius 2 is 0.840 bits per heavy atom. The van der Waals surface area contributed by atoms with E-state index in [0.29, 0.717) is 5.92 Å². The lowest BCUT2D eigenvalue weighted by molar-refractivity contribution is 0.885. The molecule has 5 aromatic carbocycles. The van der Waals surface area contributed by atoms with Gasteiger partial charge in [0.25, 0.3) is 0 Å². The fourth-order valence-electron chi connectivity index (χ4n) is 4.16. The summed E-state index contributed by atoms with van der Waals surface area (Å²) in [5.41, 5.74) is 1.46. The second kappa shape index (κ2) is 5.32. The van der Waals surface area contributed by atoms with Gasteiger partial charge in [-0.2, -0.15) is 0 Å². The molecule has 0 heterocycles. The average molecular weight is 320 g/mol. The molecule has 0 spiro atoms. The van der Waals surface area contributed by atoms with Crippen LogP contribution in [-0.4, -0.2) is 0 Å². The fraction of sp³-hybridized carbons (Fsp3) is 0.120. The Balaban J connectivity index is 2.01. The number of benzene rings is 5. The first-order valence-electron chi connectivity index (χ1n) is 8.98. The van der Waals surface area contributed by atoms with E-state index < -0.39 is 0 Å². The summed E-state index contributed by atoms with van der Waals surface area (Å²) in [7, 11) is 0. The third-order valence-corrected chi connectivity index (χ3v) is 5.30. The highest BCUT2D eigenvalue weighted by atomic mass is 14.2. The molecule has 25 heavy (non-hydrogen) atoms. The van der Waals surface area contributed by atoms with Crippen molar-refractivity contribution in [3.63, 3.8) is 0 Å². The first-order valence-corrected chi connectivity index (χ1v) is 8.98. The second-order valence-corrected chi connectivity index (χ2v) is 7.29. The van der Waals surface area contributed by atoms with Gasteiger partial charge in [0.05, 0.1) is 0 Å². The van der Waals surface area contributed by atoms with Gasteiger partial charge in [0.1, 0.15) is 0 Å². The quantitative estimate of drug-likeness (QED) is 0.282. The number of fused-ring (bicyclic) bond motifs is 4. The summed E-state index contributed by atoms with van der Waals surface area (Å²) in [6.07, 6.45) is 0. The Morgan fingerprint density at radius 3 is 1.24 bits per heavy atom. The van der Waals surface area contributed by atoms with Gasteiger partial charge < -0.3 is 0 Å². The molecule has 0 saturated heterocycles. The van der Waals surface area contributed by atoms with Crippen LogP contribution in [0.25, 0.3) is 43.1 Å². The largest absolute Gasteiger partial charge is 0.0616 e. The average Bonchev–Trinajstić information content (AvgIpc) is 2.62. The van der Waals surface area contributed by atoms with Crippen molar-refractivity contribution in [1.82, 2.24) is 0 Å². The molecule has 120 valence electrons. The van der Waals surface area contributed by atoms with Gasteiger partial charge in [0, 0.05) is 0 Å². The van der Waals surface area contributed by atoms with Crippen LogP contribution in [0.3, 0.4) is 0 Å². The van der Waals surface area contributed by atoms with Crippen LogP contribution in [-0.2, 0) is 0 Å². The zero-order chi connectivity index (χ0) is 17.0. The van der Waals surface area contributed by atoms with Crippen molar-refractivity contribution in [2.45, 2.75) is 19.8 Å². The van der Waals surface area contributed by atoms with E-state index in [2.05, 4.69) is 92.7 Å². The van der Waals surface area contributed by atoms with Gasteiger partial charge in [-0.15, -0.1) is 0 Å². The van der Waals surface area contributed by atoms with E-state index in [1.165, 1.54) is 48.7 Å². The number of hydrogen-bond acceptors (Lipinski definition) is 0. The SMILES string of the molecule is CC(C)c1c2cc3ccccc3cc2cc2cc3ccccc3cc12. The van der Waals surface area contributed by atoms with Crippen LogP contribution in [0, 0.1) is 0 Å². The van der Waals surface area contributed by atoms with Crippen molar-refractivity contribution in [1.29, 1.82) is 0 Å². The van der Waals surface area contributed by atoms with Gasteiger partial charge in [-0.25, -0.2) is 0 Å². The van der Waals surface area contributed by atoms with Crippen LogP contribution in [0.4, 0.5) is 0 Å². The predicted octanol–water partition coefficient (Wildman–Crippen LogP) is 7.42. The Labute approximate surface area is 147 Å². The number of rotatable bonds is 1. The van der Waals surface area contributed by atoms with Crippen molar-refractivity contribution >= 4 is 43.1 Å². The zero-order valence-corrected chi connectivity index (χ0v) is 14.6. The molecule has 0 aliphatic heterocycles. The Hall–Kier alpha value is -2.86. The predicted molar refractivity (Wildman–Crippen MR) is 111 cm³/mol. The molecule has 5 rings (SSSR count). The normalized spacial score (nSPS) is 12.0. The summed E-state index contributed by atoms with van der Waals surface area (Å²) in [4.78, 5) is 0. The summed E-state index contributed by atoms with van der Waals surface area (Å²) in [6.45, 7) is 4.61. The molecule has 0 amide bonds. The van der Waals surface area contributed by atoms with Crippen LogP contribution in [0.2, 0.25) is 0 Å². The third-order valence-electron chi connectivity index (χ3n) is 5.30. The lowest BCUT2D eigenvalue weighted by Gasteiger charge is -2.16. The number of hydrogen-bond donors (Lipinski definition) is 0. The summed E-state index contributed by atoms with van der Waals surface area (Å²) in [5.74, 6) is 0.480. The van der Waals surface area contributed by atoms with Gasteiger partial charge in [0.2, 0.25) is 0 Å². The standard InChI is InChI=1S/C25H20/c1-16(2)25-23-14-19-9-5-3-7-17(19)11-21(23)13-22-12-18-8-4-6-10-20(18)15-24(22)25/h3-16H,1-2H3. The third kappa shape index (κ3) is 2.21. The van der Waals surface area contributed by atoms with Crippen LogP contribution in [0.15, 0.2) is 78.9 Å². The summed E-state index contributed by atoms with van der Waals surface area (Å²) >= 11 is 0. The summed E-state index contributed by atoms with van der Waals surface area (Å²) < 4.78 is 0. The minimum atomic E-state index is 0.480. The first-order chi connectivity index (χ1) is 12.2. The maximum atomic E-state index is 2.37. The van der Waals surface area contributed by atoms with Crippen LogP contribution in [0.1, 0.15) is 25.3 Å². The second-order valence-electron chi connectivity index (χ2n) is 7.29. The highest BCUT2D eigenvalue weighted by Crippen LogP contribution is 2.37. The molecule has 0 atom stereocenters. The van der Waals surface area contributed by atoms with Crippen molar-refractivity contribution in [2.24, 2.45) is 0 Å². The molecule has 0 nitrogen and oxygen atoms in total. The van der Waals surface area contributed by atoms with Crippen LogP contribution >= 0.6 is 0 Å². The van der Waals surface area contributed by atoms with Crippen molar-refractivity contribution in [3.05, 3.63) is 84.4 Å². The molecule has 0 bridgehead atoms. The monoisotopic (exact) mass is 320 g/mol.